The summed E-state index contributed by atoms with van der Waals surface area (Å²) in [7, 11) is 1.54. The van der Waals surface area contributed by atoms with E-state index in [-0.39, 0.29) is 29.9 Å². The van der Waals surface area contributed by atoms with Crippen molar-refractivity contribution in [2.75, 3.05) is 26.7 Å². The van der Waals surface area contributed by atoms with Gasteiger partial charge < -0.3 is 26.0 Å². The molecule has 0 aromatic heterocycles. The van der Waals surface area contributed by atoms with Crippen molar-refractivity contribution in [2.24, 2.45) is 5.73 Å². The normalized spacial score (nSPS) is 23.8. The van der Waals surface area contributed by atoms with Gasteiger partial charge in [0.1, 0.15) is 5.75 Å². The molecule has 0 radical (unpaired) electrons. The topological polar surface area (TPSA) is 117 Å². The Labute approximate surface area is 183 Å². The zero-order chi connectivity index (χ0) is 22.4. The Hall–Kier alpha value is -2.81. The zero-order valence-electron chi connectivity index (χ0n) is 18.3. The lowest BCUT2D eigenvalue weighted by Crippen LogP contribution is -2.65. The van der Waals surface area contributed by atoms with Gasteiger partial charge in [-0.05, 0) is 57.2 Å². The van der Waals surface area contributed by atoms with Crippen LogP contribution in [0.4, 0.5) is 4.79 Å². The number of ether oxygens (including phenoxy) is 1. The minimum Gasteiger partial charge on any atom is -0.497 e. The molecule has 170 valence electrons. The summed E-state index contributed by atoms with van der Waals surface area (Å²) in [5.74, 6) is -0.0793. The van der Waals surface area contributed by atoms with Gasteiger partial charge in [-0.15, -0.1) is 0 Å². The van der Waals surface area contributed by atoms with E-state index in [2.05, 4.69) is 10.6 Å². The molecule has 1 aliphatic carbocycles. The fraction of sp³-hybridized carbons (Fsp3) is 0.591. The Morgan fingerprint density at radius 2 is 1.84 bits per heavy atom. The molecule has 1 aromatic carbocycles. The van der Waals surface area contributed by atoms with E-state index in [0.717, 1.165) is 25.7 Å². The van der Waals surface area contributed by atoms with Crippen molar-refractivity contribution in [3.05, 3.63) is 29.8 Å². The van der Waals surface area contributed by atoms with Gasteiger partial charge in [-0.2, -0.15) is 0 Å². The van der Waals surface area contributed by atoms with Crippen molar-refractivity contribution in [3.63, 3.8) is 0 Å². The number of amides is 4. The van der Waals surface area contributed by atoms with Crippen LogP contribution in [0.25, 0.3) is 0 Å². The monoisotopic (exact) mass is 431 g/mol. The lowest BCUT2D eigenvalue weighted by molar-refractivity contribution is -0.133. The predicted molar refractivity (Wildman–Crippen MR) is 117 cm³/mol. The number of rotatable bonds is 5. The highest BCUT2D eigenvalue weighted by molar-refractivity contribution is 5.99. The number of nitrogens with two attached hydrogens (primary N) is 1. The van der Waals surface area contributed by atoms with E-state index in [1.54, 1.807) is 24.3 Å². The van der Waals surface area contributed by atoms with Crippen molar-refractivity contribution in [3.8, 4) is 5.75 Å². The molecule has 1 unspecified atom stereocenters. The first kappa shape index (κ1) is 22.9. The summed E-state index contributed by atoms with van der Waals surface area (Å²) in [6.45, 7) is 3.05. The number of methoxy groups -OCH3 is 1. The van der Waals surface area contributed by atoms with Gasteiger partial charge in [0.25, 0.3) is 11.8 Å². The van der Waals surface area contributed by atoms with Gasteiger partial charge in [0.2, 0.25) is 0 Å². The molecule has 2 aliphatic rings. The van der Waals surface area contributed by atoms with Gasteiger partial charge in [-0.3, -0.25) is 14.5 Å². The molecule has 9 nitrogen and oxygen atoms in total. The molecule has 9 heteroatoms. The SMILES string of the molecule is CCNC(=O)N1CCCN(C(=O)c2cccc(OC)c2)C1C(=O)NC1CCC(N)CC1. The summed E-state index contributed by atoms with van der Waals surface area (Å²) < 4.78 is 5.23. The molecule has 1 atom stereocenters. The highest BCUT2D eigenvalue weighted by Crippen LogP contribution is 2.22. The molecular weight excluding hydrogens is 398 g/mol. The maximum absolute atomic E-state index is 13.4. The second kappa shape index (κ2) is 10.5. The molecule has 4 amide bonds. The molecule has 1 saturated heterocycles. The summed E-state index contributed by atoms with van der Waals surface area (Å²) in [6.07, 6.45) is 2.88. The van der Waals surface area contributed by atoms with Crippen LogP contribution in [0.1, 0.15) is 49.4 Å². The van der Waals surface area contributed by atoms with E-state index in [4.69, 9.17) is 10.5 Å². The number of hydrogen-bond acceptors (Lipinski definition) is 5. The quantitative estimate of drug-likeness (QED) is 0.649. The molecule has 1 heterocycles. The number of nitrogens with zero attached hydrogens (tertiary/aromatic N) is 2. The highest BCUT2D eigenvalue weighted by atomic mass is 16.5. The molecule has 3 rings (SSSR count). The third-order valence-electron chi connectivity index (χ3n) is 5.91. The first-order chi connectivity index (χ1) is 14.9. The van der Waals surface area contributed by atoms with Crippen LogP contribution in [0, 0.1) is 0 Å². The lowest BCUT2D eigenvalue weighted by Gasteiger charge is -2.43. The smallest absolute Gasteiger partial charge is 0.319 e. The average molecular weight is 432 g/mol. The van der Waals surface area contributed by atoms with Crippen LogP contribution >= 0.6 is 0 Å². The van der Waals surface area contributed by atoms with Gasteiger partial charge in [0.15, 0.2) is 6.17 Å². The fourth-order valence-corrected chi connectivity index (χ4v) is 4.25. The van der Waals surface area contributed by atoms with Crippen molar-refractivity contribution in [2.45, 2.75) is 57.3 Å². The summed E-state index contributed by atoms with van der Waals surface area (Å²) in [6, 6.07) is 6.64. The summed E-state index contributed by atoms with van der Waals surface area (Å²) in [5.41, 5.74) is 6.39. The third kappa shape index (κ3) is 5.46. The van der Waals surface area contributed by atoms with Crippen molar-refractivity contribution >= 4 is 17.8 Å². The number of carbonyl (C=O) groups is 3. The van der Waals surface area contributed by atoms with Crippen LogP contribution in [0.2, 0.25) is 0 Å². The molecule has 31 heavy (non-hydrogen) atoms. The van der Waals surface area contributed by atoms with E-state index < -0.39 is 6.17 Å². The maximum Gasteiger partial charge on any atom is 0.319 e. The van der Waals surface area contributed by atoms with Crippen LogP contribution in [0.3, 0.4) is 0 Å². The minimum atomic E-state index is -1.00. The van der Waals surface area contributed by atoms with E-state index in [9.17, 15) is 14.4 Å². The van der Waals surface area contributed by atoms with Crippen molar-refractivity contribution < 1.29 is 19.1 Å². The minimum absolute atomic E-state index is 0.000848. The summed E-state index contributed by atoms with van der Waals surface area (Å²) >= 11 is 0. The van der Waals surface area contributed by atoms with Crippen LogP contribution in [0.5, 0.6) is 5.75 Å². The van der Waals surface area contributed by atoms with Gasteiger partial charge in [-0.25, -0.2) is 4.79 Å². The summed E-state index contributed by atoms with van der Waals surface area (Å²) in [5, 5.41) is 5.82. The number of carbonyl (C=O) groups excluding carboxylic acids is 3. The molecule has 1 saturated carbocycles. The number of urea groups is 1. The van der Waals surface area contributed by atoms with Crippen LogP contribution in [-0.2, 0) is 4.79 Å². The Kier molecular flexibility index (Phi) is 7.73. The molecule has 0 bridgehead atoms. The van der Waals surface area contributed by atoms with E-state index in [1.807, 2.05) is 6.92 Å². The molecule has 2 fully saturated rings. The summed E-state index contributed by atoms with van der Waals surface area (Å²) in [4.78, 5) is 42.4. The lowest BCUT2D eigenvalue weighted by atomic mass is 9.91. The second-order valence-electron chi connectivity index (χ2n) is 8.11. The van der Waals surface area contributed by atoms with Crippen molar-refractivity contribution in [1.82, 2.24) is 20.4 Å². The maximum atomic E-state index is 13.4. The Morgan fingerprint density at radius 1 is 1.13 bits per heavy atom. The van der Waals surface area contributed by atoms with E-state index in [0.29, 0.717) is 37.4 Å². The highest BCUT2D eigenvalue weighted by Gasteiger charge is 2.41. The second-order valence-corrected chi connectivity index (χ2v) is 8.11. The van der Waals surface area contributed by atoms with E-state index >= 15 is 0 Å². The van der Waals surface area contributed by atoms with Gasteiger partial charge in [0, 0.05) is 37.3 Å². The fourth-order valence-electron chi connectivity index (χ4n) is 4.25. The largest absolute Gasteiger partial charge is 0.497 e. The first-order valence-corrected chi connectivity index (χ1v) is 11.0. The Bertz CT molecular complexity index is 794. The molecule has 4 N–H and O–H groups in total. The zero-order valence-corrected chi connectivity index (χ0v) is 18.3. The van der Waals surface area contributed by atoms with Crippen molar-refractivity contribution in [1.29, 1.82) is 0 Å². The average Bonchev–Trinajstić information content (AvgIpc) is 2.79. The number of benzene rings is 1. The standard InChI is InChI=1S/C22H33N5O4/c1-3-24-22(30)27-13-5-12-26(21(29)15-6-4-7-18(14-15)31-2)20(27)19(28)25-17-10-8-16(23)9-11-17/h4,6-7,14,16-17,20H,3,5,8-13,23H2,1-2H3,(H,24,30)(H,25,28). The van der Waals surface area contributed by atoms with Crippen LogP contribution in [0.15, 0.2) is 24.3 Å². The van der Waals surface area contributed by atoms with E-state index in [1.165, 1.54) is 16.9 Å². The third-order valence-corrected chi connectivity index (χ3v) is 5.91. The Morgan fingerprint density at radius 3 is 2.52 bits per heavy atom. The number of nitrogens with one attached hydrogen (secondary N) is 2. The molecule has 1 aromatic rings. The molecule has 0 spiro atoms. The first-order valence-electron chi connectivity index (χ1n) is 11.0. The van der Waals surface area contributed by atoms with Crippen LogP contribution in [-0.4, -0.2) is 72.6 Å². The number of hydrogen-bond donors (Lipinski definition) is 3. The molecule has 1 aliphatic heterocycles. The Balaban J connectivity index is 1.84. The predicted octanol–water partition coefficient (Wildman–Crippen LogP) is 1.28. The van der Waals surface area contributed by atoms with Crippen LogP contribution < -0.4 is 21.1 Å². The molecular formula is C22H33N5O4. The van der Waals surface area contributed by atoms with Gasteiger partial charge in [0.05, 0.1) is 7.11 Å². The van der Waals surface area contributed by atoms with Gasteiger partial charge >= 0.3 is 6.03 Å². The van der Waals surface area contributed by atoms with Gasteiger partial charge in [-0.1, -0.05) is 6.07 Å².